The molecule has 2 rings (SSSR count). The van der Waals surface area contributed by atoms with Crippen LogP contribution in [0.3, 0.4) is 0 Å². The number of nitrogens with two attached hydrogens (primary N) is 1. The summed E-state index contributed by atoms with van der Waals surface area (Å²) in [4.78, 5) is 0. The Balaban J connectivity index is 2.24. The summed E-state index contributed by atoms with van der Waals surface area (Å²) in [5.41, 5.74) is 8.24. The largest absolute Gasteiger partial charge is 0.324 e. The summed E-state index contributed by atoms with van der Waals surface area (Å²) < 4.78 is 1.01. The lowest BCUT2D eigenvalue weighted by Crippen LogP contribution is -2.14. The van der Waals surface area contributed by atoms with Gasteiger partial charge in [-0.1, -0.05) is 69.5 Å². The second-order valence-electron chi connectivity index (χ2n) is 4.05. The molecule has 0 aromatic heterocycles. The lowest BCUT2D eigenvalue weighted by molar-refractivity contribution is 0.718. The first-order valence-electron chi connectivity index (χ1n) is 5.52. The highest BCUT2D eigenvalue weighted by Crippen LogP contribution is 2.30. The van der Waals surface area contributed by atoms with Crippen molar-refractivity contribution >= 4 is 39.1 Å². The van der Waals surface area contributed by atoms with Gasteiger partial charge < -0.3 is 5.73 Å². The maximum Gasteiger partial charge on any atom is 0.0624 e. The van der Waals surface area contributed by atoms with Crippen molar-refractivity contribution in [3.05, 3.63) is 68.1 Å². The summed E-state index contributed by atoms with van der Waals surface area (Å²) in [5.74, 6) is 0. The van der Waals surface area contributed by atoms with E-state index in [1.807, 2.05) is 36.4 Å². The van der Waals surface area contributed by atoms with Crippen LogP contribution in [0.5, 0.6) is 0 Å². The van der Waals surface area contributed by atoms with E-state index in [2.05, 4.69) is 15.9 Å². The highest BCUT2D eigenvalue weighted by molar-refractivity contribution is 9.10. The molecule has 0 fully saturated rings. The summed E-state index contributed by atoms with van der Waals surface area (Å²) in [6.45, 7) is 0. The summed E-state index contributed by atoms with van der Waals surface area (Å²) in [6, 6.07) is 13.4. The van der Waals surface area contributed by atoms with Crippen LogP contribution in [0.15, 0.2) is 46.9 Å². The molecule has 94 valence electrons. The maximum atomic E-state index is 6.22. The van der Waals surface area contributed by atoms with Crippen LogP contribution in [-0.2, 0) is 6.42 Å². The van der Waals surface area contributed by atoms with E-state index in [4.69, 9.17) is 28.9 Å². The lowest BCUT2D eigenvalue weighted by atomic mass is 10.00. The Morgan fingerprint density at radius 1 is 1.06 bits per heavy atom. The molecule has 1 atom stereocenters. The van der Waals surface area contributed by atoms with Crippen molar-refractivity contribution in [2.45, 2.75) is 12.5 Å². The van der Waals surface area contributed by atoms with Crippen molar-refractivity contribution in [2.75, 3.05) is 0 Å². The quantitative estimate of drug-likeness (QED) is 0.833. The Bertz CT molecular complexity index is 557. The van der Waals surface area contributed by atoms with E-state index in [1.165, 1.54) is 0 Å². The Labute approximate surface area is 125 Å². The first kappa shape index (κ1) is 13.9. The molecule has 0 aliphatic carbocycles. The average molecular weight is 345 g/mol. The second-order valence-corrected chi connectivity index (χ2v) is 5.68. The molecule has 2 N–H and O–H groups in total. The molecule has 1 unspecified atom stereocenters. The van der Waals surface area contributed by atoms with Gasteiger partial charge in [-0.25, -0.2) is 0 Å². The number of hydrogen-bond acceptors (Lipinski definition) is 1. The molecule has 1 nitrogen and oxygen atoms in total. The highest BCUT2D eigenvalue weighted by atomic mass is 79.9. The van der Waals surface area contributed by atoms with E-state index in [0.717, 1.165) is 15.6 Å². The topological polar surface area (TPSA) is 26.0 Å². The van der Waals surface area contributed by atoms with Crippen LogP contribution in [0.25, 0.3) is 0 Å². The summed E-state index contributed by atoms with van der Waals surface area (Å²) in [7, 11) is 0. The first-order chi connectivity index (χ1) is 8.59. The van der Waals surface area contributed by atoms with Crippen molar-refractivity contribution < 1.29 is 0 Å². The monoisotopic (exact) mass is 343 g/mol. The molecule has 0 radical (unpaired) electrons. The molecule has 0 heterocycles. The Morgan fingerprint density at radius 3 is 2.50 bits per heavy atom. The SMILES string of the molecule is NC(Cc1cccc(Cl)c1Cl)c1ccccc1Br. The highest BCUT2D eigenvalue weighted by Gasteiger charge is 2.13. The standard InChI is InChI=1S/C14H12BrCl2N/c15-11-6-2-1-5-10(11)13(18)8-9-4-3-7-12(16)14(9)17/h1-7,13H,8,18H2. The van der Waals surface area contributed by atoms with Crippen LogP contribution in [0.4, 0.5) is 0 Å². The minimum absolute atomic E-state index is 0.114. The molecular weight excluding hydrogens is 333 g/mol. The lowest BCUT2D eigenvalue weighted by Gasteiger charge is -2.15. The summed E-state index contributed by atoms with van der Waals surface area (Å²) >= 11 is 15.7. The number of benzene rings is 2. The van der Waals surface area contributed by atoms with E-state index in [9.17, 15) is 0 Å². The van der Waals surface area contributed by atoms with E-state index in [1.54, 1.807) is 6.07 Å². The fourth-order valence-electron chi connectivity index (χ4n) is 1.83. The third-order valence-corrected chi connectivity index (χ3v) is 4.36. The molecule has 0 bridgehead atoms. The number of halogens is 3. The minimum atomic E-state index is -0.114. The van der Waals surface area contributed by atoms with Crippen molar-refractivity contribution in [2.24, 2.45) is 5.73 Å². The van der Waals surface area contributed by atoms with Gasteiger partial charge in [0.25, 0.3) is 0 Å². The minimum Gasteiger partial charge on any atom is -0.324 e. The summed E-state index contributed by atoms with van der Waals surface area (Å²) in [5, 5.41) is 1.15. The third-order valence-electron chi connectivity index (χ3n) is 2.78. The number of hydrogen-bond donors (Lipinski definition) is 1. The van der Waals surface area contributed by atoms with Gasteiger partial charge in [-0.3, -0.25) is 0 Å². The molecule has 0 saturated carbocycles. The van der Waals surface area contributed by atoms with Crippen LogP contribution >= 0.6 is 39.1 Å². The van der Waals surface area contributed by atoms with E-state index in [0.29, 0.717) is 16.5 Å². The molecule has 0 aliphatic rings. The molecule has 2 aromatic rings. The molecule has 2 aromatic carbocycles. The predicted molar refractivity (Wildman–Crippen MR) is 81.2 cm³/mol. The van der Waals surface area contributed by atoms with Crippen LogP contribution in [0.1, 0.15) is 17.2 Å². The molecular formula is C14H12BrCl2N. The van der Waals surface area contributed by atoms with Gasteiger partial charge in [-0.2, -0.15) is 0 Å². The molecule has 0 aliphatic heterocycles. The maximum absolute atomic E-state index is 6.22. The van der Waals surface area contributed by atoms with Crippen molar-refractivity contribution in [3.63, 3.8) is 0 Å². The molecule has 4 heteroatoms. The zero-order valence-electron chi connectivity index (χ0n) is 9.54. The normalized spacial score (nSPS) is 12.4. The average Bonchev–Trinajstić information content (AvgIpc) is 2.35. The molecule has 0 spiro atoms. The zero-order valence-corrected chi connectivity index (χ0v) is 12.6. The van der Waals surface area contributed by atoms with Crippen molar-refractivity contribution in [3.8, 4) is 0 Å². The van der Waals surface area contributed by atoms with E-state index >= 15 is 0 Å². The van der Waals surface area contributed by atoms with E-state index < -0.39 is 0 Å². The van der Waals surface area contributed by atoms with Gasteiger partial charge >= 0.3 is 0 Å². The first-order valence-corrected chi connectivity index (χ1v) is 7.07. The van der Waals surface area contributed by atoms with Crippen LogP contribution in [0.2, 0.25) is 10.0 Å². The van der Waals surface area contributed by atoms with Gasteiger partial charge in [-0.05, 0) is 29.7 Å². The predicted octanol–water partition coefficient (Wildman–Crippen LogP) is 5.00. The Hall–Kier alpha value is -0.540. The summed E-state index contributed by atoms with van der Waals surface area (Å²) in [6.07, 6.45) is 0.655. The van der Waals surface area contributed by atoms with Gasteiger partial charge in [-0.15, -0.1) is 0 Å². The Morgan fingerprint density at radius 2 is 1.78 bits per heavy atom. The smallest absolute Gasteiger partial charge is 0.0624 e. The van der Waals surface area contributed by atoms with Gasteiger partial charge in [0.15, 0.2) is 0 Å². The fraction of sp³-hybridized carbons (Fsp3) is 0.143. The second kappa shape index (κ2) is 6.07. The van der Waals surface area contributed by atoms with Gasteiger partial charge in [0, 0.05) is 10.5 Å². The van der Waals surface area contributed by atoms with Crippen LogP contribution in [0, 0.1) is 0 Å². The van der Waals surface area contributed by atoms with Gasteiger partial charge in [0.1, 0.15) is 0 Å². The van der Waals surface area contributed by atoms with Gasteiger partial charge in [0.2, 0.25) is 0 Å². The van der Waals surface area contributed by atoms with E-state index in [-0.39, 0.29) is 6.04 Å². The zero-order chi connectivity index (χ0) is 13.1. The van der Waals surface area contributed by atoms with Gasteiger partial charge in [0.05, 0.1) is 10.0 Å². The number of rotatable bonds is 3. The molecule has 18 heavy (non-hydrogen) atoms. The van der Waals surface area contributed by atoms with Crippen molar-refractivity contribution in [1.82, 2.24) is 0 Å². The fourth-order valence-corrected chi connectivity index (χ4v) is 2.80. The van der Waals surface area contributed by atoms with Crippen LogP contribution in [-0.4, -0.2) is 0 Å². The van der Waals surface area contributed by atoms with Crippen molar-refractivity contribution in [1.29, 1.82) is 0 Å². The molecule has 0 amide bonds. The Kier molecular flexibility index (Phi) is 4.68. The van der Waals surface area contributed by atoms with Crippen LogP contribution < -0.4 is 5.73 Å². The molecule has 0 saturated heterocycles. The third kappa shape index (κ3) is 3.07.